The number of hydrogen-bond acceptors (Lipinski definition) is 1. The van der Waals surface area contributed by atoms with Gasteiger partial charge in [-0.1, -0.05) is 46.0 Å². The fourth-order valence-corrected chi connectivity index (χ4v) is 1.51. The zero-order valence-electron chi connectivity index (χ0n) is 10.6. The zero-order chi connectivity index (χ0) is 11.5. The molecule has 1 N–H and O–H groups in total. The van der Waals surface area contributed by atoms with Crippen LogP contribution in [0.4, 0.5) is 0 Å². The first kappa shape index (κ1) is 14.5. The number of carbonyl (C=O) groups excluding carboxylic acids is 1. The van der Waals surface area contributed by atoms with Crippen LogP contribution < -0.4 is 5.32 Å². The Morgan fingerprint density at radius 3 is 2.27 bits per heavy atom. The van der Waals surface area contributed by atoms with Crippen LogP contribution in [0.1, 0.15) is 72.1 Å². The smallest absolute Gasteiger partial charge is 0.220 e. The van der Waals surface area contributed by atoms with Crippen LogP contribution in [0.15, 0.2) is 0 Å². The molecule has 1 unspecified atom stereocenters. The molecule has 0 rings (SSSR count). The van der Waals surface area contributed by atoms with Gasteiger partial charge >= 0.3 is 0 Å². The van der Waals surface area contributed by atoms with Crippen molar-refractivity contribution < 1.29 is 4.79 Å². The van der Waals surface area contributed by atoms with Crippen molar-refractivity contribution in [3.63, 3.8) is 0 Å². The van der Waals surface area contributed by atoms with Crippen molar-refractivity contribution in [2.24, 2.45) is 0 Å². The third kappa shape index (κ3) is 9.77. The summed E-state index contributed by atoms with van der Waals surface area (Å²) in [5.41, 5.74) is 0. The Labute approximate surface area is 94.8 Å². The molecular weight excluding hydrogens is 186 g/mol. The van der Waals surface area contributed by atoms with Gasteiger partial charge < -0.3 is 5.32 Å². The molecule has 0 spiro atoms. The van der Waals surface area contributed by atoms with Crippen LogP contribution in [0.25, 0.3) is 0 Å². The van der Waals surface area contributed by atoms with Crippen molar-refractivity contribution in [2.45, 2.75) is 78.2 Å². The summed E-state index contributed by atoms with van der Waals surface area (Å²) >= 11 is 0. The van der Waals surface area contributed by atoms with Gasteiger partial charge in [0.2, 0.25) is 5.91 Å². The second-order valence-corrected chi connectivity index (χ2v) is 4.39. The van der Waals surface area contributed by atoms with Gasteiger partial charge in [0.25, 0.3) is 0 Å². The molecule has 0 radical (unpaired) electrons. The van der Waals surface area contributed by atoms with Crippen molar-refractivity contribution in [3.05, 3.63) is 0 Å². The van der Waals surface area contributed by atoms with E-state index in [-0.39, 0.29) is 5.91 Å². The van der Waals surface area contributed by atoms with E-state index in [1.165, 1.54) is 32.1 Å². The Hall–Kier alpha value is -0.530. The van der Waals surface area contributed by atoms with Gasteiger partial charge in [-0.25, -0.2) is 0 Å². The first-order valence-electron chi connectivity index (χ1n) is 6.50. The quantitative estimate of drug-likeness (QED) is 0.582. The van der Waals surface area contributed by atoms with Crippen molar-refractivity contribution in [3.8, 4) is 0 Å². The summed E-state index contributed by atoms with van der Waals surface area (Å²) in [7, 11) is 0. The Bertz CT molecular complexity index is 157. The first-order valence-corrected chi connectivity index (χ1v) is 6.50. The SMILES string of the molecule is CCCCCCCCC(=O)NC(C)CC. The van der Waals surface area contributed by atoms with Crippen LogP contribution in [0.3, 0.4) is 0 Å². The highest BCUT2D eigenvalue weighted by atomic mass is 16.1. The normalized spacial score (nSPS) is 12.5. The van der Waals surface area contributed by atoms with Gasteiger partial charge in [0, 0.05) is 12.5 Å². The highest BCUT2D eigenvalue weighted by Gasteiger charge is 2.04. The summed E-state index contributed by atoms with van der Waals surface area (Å²) in [5, 5.41) is 2.99. The molecule has 1 amide bonds. The molecule has 1 atom stereocenters. The second kappa shape index (κ2) is 10.0. The van der Waals surface area contributed by atoms with E-state index in [9.17, 15) is 4.79 Å². The van der Waals surface area contributed by atoms with E-state index in [0.29, 0.717) is 12.5 Å². The Morgan fingerprint density at radius 1 is 1.07 bits per heavy atom. The fourth-order valence-electron chi connectivity index (χ4n) is 1.51. The number of carbonyl (C=O) groups is 1. The van der Waals surface area contributed by atoms with Crippen LogP contribution >= 0.6 is 0 Å². The topological polar surface area (TPSA) is 29.1 Å². The van der Waals surface area contributed by atoms with Gasteiger partial charge in [-0.15, -0.1) is 0 Å². The van der Waals surface area contributed by atoms with Crippen LogP contribution in [-0.2, 0) is 4.79 Å². The number of nitrogens with one attached hydrogen (secondary N) is 1. The third-order valence-electron chi connectivity index (χ3n) is 2.78. The van der Waals surface area contributed by atoms with Gasteiger partial charge in [0.1, 0.15) is 0 Å². The van der Waals surface area contributed by atoms with E-state index < -0.39 is 0 Å². The Balaban J connectivity index is 3.24. The van der Waals surface area contributed by atoms with E-state index in [0.717, 1.165) is 12.8 Å². The molecule has 2 nitrogen and oxygen atoms in total. The molecule has 0 aromatic rings. The minimum Gasteiger partial charge on any atom is -0.354 e. The van der Waals surface area contributed by atoms with Gasteiger partial charge in [-0.05, 0) is 19.8 Å². The molecule has 0 aliphatic heterocycles. The lowest BCUT2D eigenvalue weighted by molar-refractivity contribution is -0.121. The van der Waals surface area contributed by atoms with E-state index in [2.05, 4.69) is 26.1 Å². The fraction of sp³-hybridized carbons (Fsp3) is 0.923. The molecule has 90 valence electrons. The number of hydrogen-bond donors (Lipinski definition) is 1. The average molecular weight is 213 g/mol. The predicted octanol–water partition coefficient (Wildman–Crippen LogP) is 3.65. The van der Waals surface area contributed by atoms with Crippen LogP contribution in [-0.4, -0.2) is 11.9 Å². The predicted molar refractivity (Wildman–Crippen MR) is 65.9 cm³/mol. The summed E-state index contributed by atoms with van der Waals surface area (Å²) in [6.45, 7) is 6.37. The van der Waals surface area contributed by atoms with Crippen LogP contribution in [0.2, 0.25) is 0 Å². The second-order valence-electron chi connectivity index (χ2n) is 4.39. The first-order chi connectivity index (χ1) is 7.20. The summed E-state index contributed by atoms with van der Waals surface area (Å²) in [5.74, 6) is 0.222. The molecule has 0 aromatic carbocycles. The highest BCUT2D eigenvalue weighted by Crippen LogP contribution is 2.06. The lowest BCUT2D eigenvalue weighted by Crippen LogP contribution is -2.31. The van der Waals surface area contributed by atoms with Gasteiger partial charge in [-0.2, -0.15) is 0 Å². The minimum atomic E-state index is 0.222. The largest absolute Gasteiger partial charge is 0.354 e. The number of rotatable bonds is 9. The number of unbranched alkanes of at least 4 members (excludes halogenated alkanes) is 5. The van der Waals surface area contributed by atoms with Crippen LogP contribution in [0.5, 0.6) is 0 Å². The lowest BCUT2D eigenvalue weighted by Gasteiger charge is -2.10. The average Bonchev–Trinajstić information content (AvgIpc) is 2.23. The molecule has 2 heteroatoms. The van der Waals surface area contributed by atoms with E-state index in [1.54, 1.807) is 0 Å². The molecule has 0 bridgehead atoms. The molecule has 0 saturated heterocycles. The maximum atomic E-state index is 11.4. The van der Waals surface area contributed by atoms with Crippen molar-refractivity contribution >= 4 is 5.91 Å². The minimum absolute atomic E-state index is 0.222. The molecule has 0 aliphatic rings. The molecule has 0 saturated carbocycles. The van der Waals surface area contributed by atoms with Gasteiger partial charge in [0.15, 0.2) is 0 Å². The van der Waals surface area contributed by atoms with E-state index in [4.69, 9.17) is 0 Å². The van der Waals surface area contributed by atoms with Gasteiger partial charge in [-0.3, -0.25) is 4.79 Å². The van der Waals surface area contributed by atoms with E-state index in [1.807, 2.05) is 0 Å². The monoisotopic (exact) mass is 213 g/mol. The molecule has 0 fully saturated rings. The van der Waals surface area contributed by atoms with Crippen molar-refractivity contribution in [1.82, 2.24) is 5.32 Å². The highest BCUT2D eigenvalue weighted by molar-refractivity contribution is 5.76. The molecular formula is C13H27NO. The zero-order valence-corrected chi connectivity index (χ0v) is 10.6. The summed E-state index contributed by atoms with van der Waals surface area (Å²) < 4.78 is 0. The molecule has 0 aromatic heterocycles. The van der Waals surface area contributed by atoms with Gasteiger partial charge in [0.05, 0.1) is 0 Å². The molecule has 0 heterocycles. The maximum absolute atomic E-state index is 11.4. The van der Waals surface area contributed by atoms with E-state index >= 15 is 0 Å². The number of amides is 1. The standard InChI is InChI=1S/C13H27NO/c1-4-6-7-8-9-10-11-13(15)14-12(3)5-2/h12H,4-11H2,1-3H3,(H,14,15). The summed E-state index contributed by atoms with van der Waals surface area (Å²) in [4.78, 5) is 11.4. The third-order valence-corrected chi connectivity index (χ3v) is 2.78. The Morgan fingerprint density at radius 2 is 1.67 bits per heavy atom. The van der Waals surface area contributed by atoms with Crippen molar-refractivity contribution in [1.29, 1.82) is 0 Å². The lowest BCUT2D eigenvalue weighted by atomic mass is 10.1. The molecule has 0 aliphatic carbocycles. The Kier molecular flexibility index (Phi) is 9.65. The summed E-state index contributed by atoms with van der Waals surface area (Å²) in [6, 6.07) is 0.331. The molecule has 15 heavy (non-hydrogen) atoms. The van der Waals surface area contributed by atoms with Crippen LogP contribution in [0, 0.1) is 0 Å². The summed E-state index contributed by atoms with van der Waals surface area (Å²) in [6.07, 6.45) is 9.19. The van der Waals surface area contributed by atoms with Crippen molar-refractivity contribution in [2.75, 3.05) is 0 Å². The maximum Gasteiger partial charge on any atom is 0.220 e.